The number of anilines is 2. The lowest BCUT2D eigenvalue weighted by Gasteiger charge is -2.38. The van der Waals surface area contributed by atoms with Crippen LogP contribution in [0.1, 0.15) is 31.5 Å². The molecule has 2 aromatic rings. The Morgan fingerprint density at radius 3 is 2.68 bits per heavy atom. The Labute approximate surface area is 222 Å². The van der Waals surface area contributed by atoms with E-state index >= 15 is 0 Å². The minimum atomic E-state index is -0.919. The summed E-state index contributed by atoms with van der Waals surface area (Å²) in [6.07, 6.45) is 0.241. The van der Waals surface area contributed by atoms with Crippen molar-refractivity contribution in [3.8, 4) is 11.4 Å². The third kappa shape index (κ3) is 5.88. The third-order valence-electron chi connectivity index (χ3n) is 7.34. The predicted molar refractivity (Wildman–Crippen MR) is 143 cm³/mol. The summed E-state index contributed by atoms with van der Waals surface area (Å²) < 4.78 is 19.3. The minimum Gasteiger partial charge on any atom is -0.377 e. The number of amides is 3. The molecule has 1 aromatic carbocycles. The molecular formula is C27H36FN7O3. The Bertz CT molecular complexity index is 1160. The summed E-state index contributed by atoms with van der Waals surface area (Å²) in [6.45, 7) is 8.78. The van der Waals surface area contributed by atoms with Gasteiger partial charge in [-0.1, -0.05) is 0 Å². The highest BCUT2D eigenvalue weighted by atomic mass is 19.1. The van der Waals surface area contributed by atoms with Crippen molar-refractivity contribution < 1.29 is 18.7 Å². The zero-order valence-electron chi connectivity index (χ0n) is 22.1. The molecule has 5 rings (SSSR count). The number of aromatic nitrogens is 2. The zero-order valence-corrected chi connectivity index (χ0v) is 22.1. The molecular weight excluding hydrogens is 489 g/mol. The van der Waals surface area contributed by atoms with Crippen molar-refractivity contribution in [3.05, 3.63) is 35.5 Å². The van der Waals surface area contributed by atoms with Crippen LogP contribution in [0, 0.1) is 0 Å². The lowest BCUT2D eigenvalue weighted by Crippen LogP contribution is -2.46. The highest BCUT2D eigenvalue weighted by Crippen LogP contribution is 2.32. The van der Waals surface area contributed by atoms with Gasteiger partial charge in [0, 0.05) is 49.5 Å². The molecule has 2 fully saturated rings. The number of nitrogens with zero attached hydrogens (tertiary/aromatic N) is 5. The van der Waals surface area contributed by atoms with Gasteiger partial charge in [-0.05, 0) is 51.0 Å². The van der Waals surface area contributed by atoms with E-state index in [0.29, 0.717) is 50.8 Å². The van der Waals surface area contributed by atoms with Crippen LogP contribution in [0.4, 0.5) is 20.7 Å². The first-order chi connectivity index (χ1) is 18.4. The Morgan fingerprint density at radius 2 is 1.97 bits per heavy atom. The fourth-order valence-electron chi connectivity index (χ4n) is 5.28. The van der Waals surface area contributed by atoms with Gasteiger partial charge >= 0.3 is 6.03 Å². The Hall–Kier alpha value is -3.31. The monoisotopic (exact) mass is 525 g/mol. The third-order valence-corrected chi connectivity index (χ3v) is 7.34. The Kier molecular flexibility index (Phi) is 8.04. The number of morpholine rings is 1. The van der Waals surface area contributed by atoms with Gasteiger partial charge < -0.3 is 25.2 Å². The van der Waals surface area contributed by atoms with Gasteiger partial charge in [-0.25, -0.2) is 19.2 Å². The number of alkyl halides is 1. The molecule has 204 valence electrons. The van der Waals surface area contributed by atoms with Crippen LogP contribution in [0.5, 0.6) is 0 Å². The first kappa shape index (κ1) is 26.3. The molecule has 0 saturated carbocycles. The van der Waals surface area contributed by atoms with E-state index in [-0.39, 0.29) is 31.1 Å². The van der Waals surface area contributed by atoms with Crippen LogP contribution in [0.2, 0.25) is 0 Å². The van der Waals surface area contributed by atoms with Crippen molar-refractivity contribution in [1.82, 2.24) is 25.1 Å². The van der Waals surface area contributed by atoms with Gasteiger partial charge in [0.15, 0.2) is 5.82 Å². The second-order valence-electron chi connectivity index (χ2n) is 10.2. The van der Waals surface area contributed by atoms with Crippen LogP contribution in [-0.2, 0) is 22.5 Å². The molecule has 2 unspecified atom stereocenters. The van der Waals surface area contributed by atoms with Crippen LogP contribution in [0.3, 0.4) is 0 Å². The molecule has 38 heavy (non-hydrogen) atoms. The summed E-state index contributed by atoms with van der Waals surface area (Å²) in [5, 5.41) is 5.53. The first-order valence-corrected chi connectivity index (χ1v) is 13.4. The molecule has 0 aliphatic carbocycles. The van der Waals surface area contributed by atoms with Crippen molar-refractivity contribution in [2.75, 3.05) is 62.7 Å². The van der Waals surface area contributed by atoms with Crippen LogP contribution in [0.15, 0.2) is 24.3 Å². The smallest absolute Gasteiger partial charge is 0.319 e. The van der Waals surface area contributed by atoms with Gasteiger partial charge in [0.1, 0.15) is 12.0 Å². The number of ether oxygens (including phenoxy) is 1. The number of rotatable bonds is 6. The van der Waals surface area contributed by atoms with Crippen LogP contribution < -0.4 is 15.5 Å². The normalized spacial score (nSPS) is 21.8. The number of carbonyl (C=O) groups excluding carboxylic acids is 2. The standard InChI is InChI=1S/C27H36FN7O3/c1-3-29-27(37)30-21-6-4-19(5-7-21)25-31-23-15-33(16-24(36)34-11-8-20(28)14-34)10-9-22(23)26(32-25)35-12-13-38-17-18(35)2/h4-7,18,20H,3,8-17H2,1-2H3,(H2,29,30,37). The largest absolute Gasteiger partial charge is 0.377 e. The number of fused-ring (bicyclic) bond motifs is 1. The first-order valence-electron chi connectivity index (χ1n) is 13.4. The molecule has 3 aliphatic rings. The second kappa shape index (κ2) is 11.6. The van der Waals surface area contributed by atoms with E-state index in [2.05, 4.69) is 27.4 Å². The molecule has 4 heterocycles. The quantitative estimate of drug-likeness (QED) is 0.597. The second-order valence-corrected chi connectivity index (χ2v) is 10.2. The summed E-state index contributed by atoms with van der Waals surface area (Å²) in [7, 11) is 0. The van der Waals surface area contributed by atoms with E-state index in [4.69, 9.17) is 14.7 Å². The predicted octanol–water partition coefficient (Wildman–Crippen LogP) is 2.44. The fraction of sp³-hybridized carbons (Fsp3) is 0.556. The van der Waals surface area contributed by atoms with Crippen molar-refractivity contribution in [2.45, 2.75) is 45.4 Å². The number of nitrogens with one attached hydrogen (secondary N) is 2. The fourth-order valence-corrected chi connectivity index (χ4v) is 5.28. The lowest BCUT2D eigenvalue weighted by atomic mass is 10.0. The number of hydrogen-bond donors (Lipinski definition) is 2. The maximum atomic E-state index is 13.6. The Morgan fingerprint density at radius 1 is 1.16 bits per heavy atom. The maximum absolute atomic E-state index is 13.6. The molecule has 2 N–H and O–H groups in total. The number of likely N-dealkylation sites (tertiary alicyclic amines) is 1. The van der Waals surface area contributed by atoms with E-state index < -0.39 is 6.17 Å². The number of urea groups is 1. The number of hydrogen-bond acceptors (Lipinski definition) is 7. The van der Waals surface area contributed by atoms with Crippen molar-refractivity contribution in [3.63, 3.8) is 0 Å². The van der Waals surface area contributed by atoms with Gasteiger partial charge in [-0.15, -0.1) is 0 Å². The highest BCUT2D eigenvalue weighted by Gasteiger charge is 2.31. The zero-order chi connectivity index (χ0) is 26.6. The maximum Gasteiger partial charge on any atom is 0.319 e. The average molecular weight is 526 g/mol. The van der Waals surface area contributed by atoms with Gasteiger partial charge in [0.05, 0.1) is 38.0 Å². The van der Waals surface area contributed by atoms with Crippen LogP contribution in [0.25, 0.3) is 11.4 Å². The van der Waals surface area contributed by atoms with Crippen LogP contribution >= 0.6 is 0 Å². The molecule has 3 amide bonds. The van der Waals surface area contributed by atoms with Crippen LogP contribution in [-0.4, -0.2) is 96.4 Å². The minimum absolute atomic E-state index is 0.0277. The van der Waals surface area contributed by atoms with Gasteiger partial charge in [0.25, 0.3) is 0 Å². The molecule has 2 saturated heterocycles. The summed E-state index contributed by atoms with van der Waals surface area (Å²) in [5.74, 6) is 1.51. The topological polar surface area (TPSA) is 103 Å². The molecule has 11 heteroatoms. The van der Waals surface area contributed by atoms with Crippen molar-refractivity contribution >= 4 is 23.4 Å². The summed E-state index contributed by atoms with van der Waals surface area (Å²) in [5.41, 5.74) is 3.56. The molecule has 1 aromatic heterocycles. The summed E-state index contributed by atoms with van der Waals surface area (Å²) in [4.78, 5) is 40.7. The highest BCUT2D eigenvalue weighted by molar-refractivity contribution is 5.89. The van der Waals surface area contributed by atoms with Crippen molar-refractivity contribution in [1.29, 1.82) is 0 Å². The van der Waals surface area contributed by atoms with E-state index in [0.717, 1.165) is 42.1 Å². The van der Waals surface area contributed by atoms with Gasteiger partial charge in [0.2, 0.25) is 5.91 Å². The van der Waals surface area contributed by atoms with E-state index in [1.165, 1.54) is 0 Å². The molecule has 10 nitrogen and oxygen atoms in total. The lowest BCUT2D eigenvalue weighted by molar-refractivity contribution is -0.131. The number of carbonyl (C=O) groups is 2. The number of halogens is 1. The molecule has 0 spiro atoms. The molecule has 2 atom stereocenters. The summed E-state index contributed by atoms with van der Waals surface area (Å²) in [6, 6.07) is 7.41. The molecule has 0 radical (unpaired) electrons. The average Bonchev–Trinajstić information content (AvgIpc) is 3.35. The van der Waals surface area contributed by atoms with Gasteiger partial charge in [-0.2, -0.15) is 0 Å². The number of benzene rings is 1. The molecule has 0 bridgehead atoms. The summed E-state index contributed by atoms with van der Waals surface area (Å²) >= 11 is 0. The van der Waals surface area contributed by atoms with Crippen molar-refractivity contribution in [2.24, 2.45) is 0 Å². The molecule has 3 aliphatic heterocycles. The van der Waals surface area contributed by atoms with E-state index in [1.54, 1.807) is 4.90 Å². The van der Waals surface area contributed by atoms with E-state index in [1.807, 2.05) is 31.2 Å². The van der Waals surface area contributed by atoms with E-state index in [9.17, 15) is 14.0 Å². The van der Waals surface area contributed by atoms with Gasteiger partial charge in [-0.3, -0.25) is 9.69 Å². The Balaban J connectivity index is 1.40. The SMILES string of the molecule is CCNC(=O)Nc1ccc(-c2nc3c(c(N4CCOCC4C)n2)CCN(CC(=O)N2CCC(F)C2)C3)cc1.